The molecule has 1 amide bonds. The van der Waals surface area contributed by atoms with Gasteiger partial charge in [0.05, 0.1) is 6.42 Å². The van der Waals surface area contributed by atoms with Crippen LogP contribution in [0.25, 0.3) is 0 Å². The molecular formula is C16H24ClNO2. The predicted molar refractivity (Wildman–Crippen MR) is 82.9 cm³/mol. The Bertz CT molecular complexity index is 413. The van der Waals surface area contributed by atoms with Gasteiger partial charge >= 0.3 is 0 Å². The maximum absolute atomic E-state index is 12.0. The minimum absolute atomic E-state index is 0.00437. The molecule has 0 heterocycles. The number of amides is 1. The molecule has 4 heteroatoms. The quantitative estimate of drug-likeness (QED) is 0.774. The minimum Gasteiger partial charge on any atom is -0.396 e. The van der Waals surface area contributed by atoms with E-state index >= 15 is 0 Å². The molecule has 20 heavy (non-hydrogen) atoms. The fourth-order valence-corrected chi connectivity index (χ4v) is 2.44. The molecule has 0 aliphatic rings. The lowest BCUT2D eigenvalue weighted by atomic mass is 9.79. The summed E-state index contributed by atoms with van der Waals surface area (Å²) in [5.41, 5.74) is 0.956. The molecule has 1 aromatic rings. The van der Waals surface area contributed by atoms with Crippen molar-refractivity contribution in [1.82, 2.24) is 5.32 Å². The second kappa shape index (κ2) is 8.28. The van der Waals surface area contributed by atoms with Crippen LogP contribution in [0, 0.1) is 5.41 Å². The van der Waals surface area contributed by atoms with Crippen molar-refractivity contribution in [2.45, 2.75) is 39.5 Å². The summed E-state index contributed by atoms with van der Waals surface area (Å²) in [5, 5.41) is 12.8. The molecule has 1 aromatic carbocycles. The Balaban J connectivity index is 2.51. The van der Waals surface area contributed by atoms with E-state index in [9.17, 15) is 4.79 Å². The summed E-state index contributed by atoms with van der Waals surface area (Å²) in [5.74, 6) is 0.0107. The molecule has 2 N–H and O–H groups in total. The van der Waals surface area contributed by atoms with Gasteiger partial charge in [0.15, 0.2) is 0 Å². The Morgan fingerprint density at radius 1 is 1.25 bits per heavy atom. The largest absolute Gasteiger partial charge is 0.396 e. The molecular weight excluding hydrogens is 274 g/mol. The van der Waals surface area contributed by atoms with Gasteiger partial charge in [0.1, 0.15) is 0 Å². The monoisotopic (exact) mass is 297 g/mol. The van der Waals surface area contributed by atoms with E-state index in [1.165, 1.54) is 0 Å². The lowest BCUT2D eigenvalue weighted by Crippen LogP contribution is -2.38. The van der Waals surface area contributed by atoms with Crippen molar-refractivity contribution >= 4 is 17.5 Å². The van der Waals surface area contributed by atoms with Gasteiger partial charge in [0, 0.05) is 18.2 Å². The summed E-state index contributed by atoms with van der Waals surface area (Å²) in [6.45, 7) is 4.98. The van der Waals surface area contributed by atoms with Crippen molar-refractivity contribution in [2.75, 3.05) is 13.2 Å². The van der Waals surface area contributed by atoms with Crippen LogP contribution in [0.2, 0.25) is 5.02 Å². The topological polar surface area (TPSA) is 49.3 Å². The van der Waals surface area contributed by atoms with Crippen LogP contribution in [0.5, 0.6) is 0 Å². The number of rotatable bonds is 8. The second-order valence-electron chi connectivity index (χ2n) is 5.26. The molecule has 1 rings (SSSR count). The fourth-order valence-electron chi connectivity index (χ4n) is 2.32. The van der Waals surface area contributed by atoms with Crippen molar-refractivity contribution in [1.29, 1.82) is 0 Å². The molecule has 0 saturated heterocycles. The highest BCUT2D eigenvalue weighted by atomic mass is 35.5. The number of halogens is 1. The minimum atomic E-state index is 0.00437. The first-order valence-corrected chi connectivity index (χ1v) is 7.55. The summed E-state index contributed by atoms with van der Waals surface area (Å²) >= 11 is 5.82. The average molecular weight is 298 g/mol. The van der Waals surface area contributed by atoms with E-state index in [-0.39, 0.29) is 17.9 Å². The number of hydrogen-bond donors (Lipinski definition) is 2. The van der Waals surface area contributed by atoms with Crippen molar-refractivity contribution in [3.8, 4) is 0 Å². The zero-order valence-electron chi connectivity index (χ0n) is 12.3. The third-order valence-corrected chi connectivity index (χ3v) is 4.33. The molecule has 0 aliphatic carbocycles. The first-order valence-electron chi connectivity index (χ1n) is 7.17. The Morgan fingerprint density at radius 2 is 1.85 bits per heavy atom. The molecule has 0 bridgehead atoms. The number of aliphatic hydroxyl groups excluding tert-OH is 1. The summed E-state index contributed by atoms with van der Waals surface area (Å²) in [7, 11) is 0. The summed E-state index contributed by atoms with van der Waals surface area (Å²) in [6.07, 6.45) is 2.98. The molecule has 3 nitrogen and oxygen atoms in total. The van der Waals surface area contributed by atoms with Crippen molar-refractivity contribution in [2.24, 2.45) is 5.41 Å². The van der Waals surface area contributed by atoms with Gasteiger partial charge in [0.2, 0.25) is 5.91 Å². The first kappa shape index (κ1) is 17.0. The average Bonchev–Trinajstić information content (AvgIpc) is 2.46. The molecule has 112 valence electrons. The highest BCUT2D eigenvalue weighted by molar-refractivity contribution is 6.30. The van der Waals surface area contributed by atoms with Gasteiger partial charge in [-0.2, -0.15) is 0 Å². The predicted octanol–water partition coefficient (Wildman–Crippen LogP) is 3.19. The van der Waals surface area contributed by atoms with Gasteiger partial charge in [-0.1, -0.05) is 37.6 Å². The Labute approximate surface area is 126 Å². The number of nitrogens with one attached hydrogen (secondary N) is 1. The molecule has 0 aliphatic heterocycles. The van der Waals surface area contributed by atoms with E-state index in [4.69, 9.17) is 16.7 Å². The highest BCUT2D eigenvalue weighted by Crippen LogP contribution is 2.29. The number of benzene rings is 1. The van der Waals surface area contributed by atoms with Crippen molar-refractivity contribution in [3.63, 3.8) is 0 Å². The molecule has 0 saturated carbocycles. The van der Waals surface area contributed by atoms with Crippen molar-refractivity contribution in [3.05, 3.63) is 34.9 Å². The standard InChI is InChI=1S/C16H24ClNO2/c1-3-16(4-2,9-10-19)12-18-15(20)11-13-5-7-14(17)8-6-13/h5-8,19H,3-4,9-12H2,1-2H3,(H,18,20). The van der Waals surface area contributed by atoms with E-state index in [0.717, 1.165) is 24.8 Å². The van der Waals surface area contributed by atoms with Gasteiger partial charge in [-0.05, 0) is 42.4 Å². The van der Waals surface area contributed by atoms with Gasteiger partial charge in [-0.3, -0.25) is 4.79 Å². The van der Waals surface area contributed by atoms with Gasteiger partial charge in [-0.15, -0.1) is 0 Å². The van der Waals surface area contributed by atoms with E-state index in [1.807, 2.05) is 12.1 Å². The van der Waals surface area contributed by atoms with Crippen LogP contribution in [0.1, 0.15) is 38.7 Å². The SMILES string of the molecule is CCC(CC)(CCO)CNC(=O)Cc1ccc(Cl)cc1. The molecule has 0 aromatic heterocycles. The maximum atomic E-state index is 12.0. The molecule has 0 atom stereocenters. The van der Waals surface area contributed by atoms with E-state index in [0.29, 0.717) is 18.0 Å². The van der Waals surface area contributed by atoms with E-state index in [1.54, 1.807) is 12.1 Å². The molecule has 0 fully saturated rings. The first-order chi connectivity index (χ1) is 9.55. The van der Waals surface area contributed by atoms with Crippen LogP contribution < -0.4 is 5.32 Å². The lowest BCUT2D eigenvalue weighted by molar-refractivity contribution is -0.121. The third kappa shape index (κ3) is 5.14. The van der Waals surface area contributed by atoms with Crippen LogP contribution in [0.15, 0.2) is 24.3 Å². The number of carbonyl (C=O) groups excluding carboxylic acids is 1. The zero-order valence-corrected chi connectivity index (χ0v) is 13.0. The van der Waals surface area contributed by atoms with Crippen LogP contribution >= 0.6 is 11.6 Å². The third-order valence-electron chi connectivity index (χ3n) is 4.08. The van der Waals surface area contributed by atoms with Gasteiger partial charge in [-0.25, -0.2) is 0 Å². The summed E-state index contributed by atoms with van der Waals surface area (Å²) in [4.78, 5) is 12.0. The van der Waals surface area contributed by atoms with Gasteiger partial charge in [0.25, 0.3) is 0 Å². The molecule has 0 spiro atoms. The maximum Gasteiger partial charge on any atom is 0.224 e. The second-order valence-corrected chi connectivity index (χ2v) is 5.70. The van der Waals surface area contributed by atoms with Crippen LogP contribution in [-0.4, -0.2) is 24.2 Å². The number of carbonyl (C=O) groups is 1. The van der Waals surface area contributed by atoms with Crippen LogP contribution in [0.4, 0.5) is 0 Å². The van der Waals surface area contributed by atoms with Crippen molar-refractivity contribution < 1.29 is 9.90 Å². The van der Waals surface area contributed by atoms with E-state index < -0.39 is 0 Å². The normalized spacial score (nSPS) is 11.4. The lowest BCUT2D eigenvalue weighted by Gasteiger charge is -2.31. The Kier molecular flexibility index (Phi) is 7.03. The van der Waals surface area contributed by atoms with E-state index in [2.05, 4.69) is 19.2 Å². The Hall–Kier alpha value is -1.06. The number of aliphatic hydroxyl groups is 1. The van der Waals surface area contributed by atoms with Crippen LogP contribution in [-0.2, 0) is 11.2 Å². The van der Waals surface area contributed by atoms with Crippen LogP contribution in [0.3, 0.4) is 0 Å². The van der Waals surface area contributed by atoms with Gasteiger partial charge < -0.3 is 10.4 Å². The molecule has 0 unspecified atom stereocenters. The summed E-state index contributed by atoms with van der Waals surface area (Å²) in [6, 6.07) is 7.31. The smallest absolute Gasteiger partial charge is 0.224 e. The Morgan fingerprint density at radius 3 is 2.35 bits per heavy atom. The molecule has 0 radical (unpaired) electrons. The number of hydrogen-bond acceptors (Lipinski definition) is 2. The summed E-state index contributed by atoms with van der Waals surface area (Å²) < 4.78 is 0. The highest BCUT2D eigenvalue weighted by Gasteiger charge is 2.25. The zero-order chi connectivity index (χ0) is 15.0. The fraction of sp³-hybridized carbons (Fsp3) is 0.562.